The molecule has 0 aliphatic rings. The fraction of sp³-hybridized carbons (Fsp3) is 0.375. The molecule has 80 valence electrons. The minimum absolute atomic E-state index is 0.148. The summed E-state index contributed by atoms with van der Waals surface area (Å²) in [5, 5.41) is 31.4. The summed E-state index contributed by atoms with van der Waals surface area (Å²) in [4.78, 5) is 2.20. The van der Waals surface area contributed by atoms with Crippen LogP contribution in [0.5, 0.6) is 0 Å². The number of rotatable bonds is 4. The van der Waals surface area contributed by atoms with Crippen LogP contribution in [0.1, 0.15) is 0 Å². The van der Waals surface area contributed by atoms with Crippen LogP contribution in [0.25, 0.3) is 10.7 Å². The Morgan fingerprint density at radius 1 is 1.53 bits per heavy atom. The highest BCUT2D eigenvalue weighted by Crippen LogP contribution is 2.19. The van der Waals surface area contributed by atoms with Gasteiger partial charge in [0.1, 0.15) is 0 Å². The molecule has 0 saturated heterocycles. The Kier molecular flexibility index (Phi) is 3.05. The van der Waals surface area contributed by atoms with Crippen molar-refractivity contribution in [3.05, 3.63) is 17.5 Å². The van der Waals surface area contributed by atoms with Crippen molar-refractivity contribution < 1.29 is 10.2 Å². The lowest BCUT2D eigenvalue weighted by molar-refractivity contribution is 0.0742. The van der Waals surface area contributed by atoms with Gasteiger partial charge in [0.25, 0.3) is 0 Å². The minimum atomic E-state index is -0.851. The molecule has 0 saturated carbocycles. The van der Waals surface area contributed by atoms with Crippen LogP contribution in [0.2, 0.25) is 0 Å². The lowest BCUT2D eigenvalue weighted by atomic mass is 10.4. The number of hydrogen-bond acceptors (Lipinski definition) is 6. The van der Waals surface area contributed by atoms with E-state index in [1.54, 1.807) is 0 Å². The molecular formula is C8H10N4O2S. The molecule has 0 aliphatic heterocycles. The first-order valence-corrected chi connectivity index (χ1v) is 5.28. The molecule has 0 fully saturated rings. The van der Waals surface area contributed by atoms with Gasteiger partial charge >= 0.3 is 0 Å². The fourth-order valence-electron chi connectivity index (χ4n) is 1.07. The number of aliphatic hydroxyl groups is 2. The van der Waals surface area contributed by atoms with E-state index in [1.165, 1.54) is 16.1 Å². The molecule has 0 radical (unpaired) electrons. The topological polar surface area (TPSA) is 84.1 Å². The molecule has 2 aromatic heterocycles. The summed E-state index contributed by atoms with van der Waals surface area (Å²) < 4.78 is 0. The first-order chi connectivity index (χ1) is 7.29. The van der Waals surface area contributed by atoms with E-state index in [-0.39, 0.29) is 13.2 Å². The smallest absolute Gasteiger partial charge is 0.214 e. The predicted molar refractivity (Wildman–Crippen MR) is 54.2 cm³/mol. The largest absolute Gasteiger partial charge is 0.394 e. The van der Waals surface area contributed by atoms with E-state index < -0.39 is 6.10 Å². The quantitative estimate of drug-likeness (QED) is 0.751. The number of hydrogen-bond donors (Lipinski definition) is 2. The SMILES string of the molecule is OC[C@H](O)Cn1nnc(-c2cccs2)n1. The third-order valence-corrected chi connectivity index (χ3v) is 2.65. The van der Waals surface area contributed by atoms with Crippen molar-refractivity contribution >= 4 is 11.3 Å². The summed E-state index contributed by atoms with van der Waals surface area (Å²) in [7, 11) is 0. The molecule has 0 amide bonds. The Hall–Kier alpha value is -1.31. The van der Waals surface area contributed by atoms with E-state index in [1.807, 2.05) is 17.5 Å². The zero-order chi connectivity index (χ0) is 10.7. The van der Waals surface area contributed by atoms with Crippen molar-refractivity contribution in [1.82, 2.24) is 20.2 Å². The zero-order valence-corrected chi connectivity index (χ0v) is 8.63. The van der Waals surface area contributed by atoms with Gasteiger partial charge in [0.15, 0.2) is 0 Å². The Balaban J connectivity index is 2.11. The molecule has 0 aromatic carbocycles. The van der Waals surface area contributed by atoms with Crippen LogP contribution in [0.3, 0.4) is 0 Å². The van der Waals surface area contributed by atoms with Gasteiger partial charge in [-0.25, -0.2) is 0 Å². The maximum atomic E-state index is 9.18. The minimum Gasteiger partial charge on any atom is -0.394 e. The first kappa shape index (κ1) is 10.2. The van der Waals surface area contributed by atoms with Crippen LogP contribution in [0.4, 0.5) is 0 Å². The average Bonchev–Trinajstić information content (AvgIpc) is 2.85. The standard InChI is InChI=1S/C8H10N4O2S/c13-5-6(14)4-12-10-8(9-11-12)7-2-1-3-15-7/h1-3,6,13-14H,4-5H2/t6-/m1/s1. The van der Waals surface area contributed by atoms with E-state index >= 15 is 0 Å². The van der Waals surface area contributed by atoms with Gasteiger partial charge in [0.2, 0.25) is 5.82 Å². The van der Waals surface area contributed by atoms with Gasteiger partial charge in [0, 0.05) is 0 Å². The molecule has 2 N–H and O–H groups in total. The van der Waals surface area contributed by atoms with Crippen LogP contribution in [0.15, 0.2) is 17.5 Å². The highest BCUT2D eigenvalue weighted by molar-refractivity contribution is 7.13. The predicted octanol–water partition coefficient (Wildman–Crippen LogP) is -0.245. The Morgan fingerprint density at radius 3 is 3.07 bits per heavy atom. The fourth-order valence-corrected chi connectivity index (χ4v) is 1.72. The molecule has 2 aromatic rings. The lowest BCUT2D eigenvalue weighted by Crippen LogP contribution is -2.21. The third-order valence-electron chi connectivity index (χ3n) is 1.78. The van der Waals surface area contributed by atoms with Gasteiger partial charge in [-0.15, -0.1) is 21.5 Å². The molecule has 7 heteroatoms. The van der Waals surface area contributed by atoms with Crippen LogP contribution in [-0.4, -0.2) is 43.1 Å². The lowest BCUT2D eigenvalue weighted by Gasteiger charge is -2.03. The summed E-state index contributed by atoms with van der Waals surface area (Å²) in [6, 6.07) is 3.80. The summed E-state index contributed by atoms with van der Waals surface area (Å²) in [6.07, 6.45) is -0.851. The van der Waals surface area contributed by atoms with Gasteiger partial charge in [-0.05, 0) is 16.7 Å². The van der Waals surface area contributed by atoms with Gasteiger partial charge in [0.05, 0.1) is 24.1 Å². The molecular weight excluding hydrogens is 216 g/mol. The number of thiophene rings is 1. The van der Waals surface area contributed by atoms with E-state index in [9.17, 15) is 5.11 Å². The number of nitrogens with zero attached hydrogens (tertiary/aromatic N) is 4. The Labute approximate surface area is 89.8 Å². The van der Waals surface area contributed by atoms with Crippen LogP contribution < -0.4 is 0 Å². The van der Waals surface area contributed by atoms with E-state index in [0.717, 1.165) is 4.88 Å². The summed E-state index contributed by atoms with van der Waals surface area (Å²) >= 11 is 1.52. The Bertz CT molecular complexity index is 414. The first-order valence-electron chi connectivity index (χ1n) is 4.40. The molecule has 15 heavy (non-hydrogen) atoms. The normalized spacial score (nSPS) is 12.9. The van der Waals surface area contributed by atoms with Crippen LogP contribution in [-0.2, 0) is 6.54 Å². The molecule has 0 unspecified atom stereocenters. The third kappa shape index (κ3) is 2.38. The van der Waals surface area contributed by atoms with Crippen molar-refractivity contribution in [2.24, 2.45) is 0 Å². The highest BCUT2D eigenvalue weighted by atomic mass is 32.1. The van der Waals surface area contributed by atoms with Crippen LogP contribution >= 0.6 is 11.3 Å². The van der Waals surface area contributed by atoms with Crippen molar-refractivity contribution in [2.45, 2.75) is 12.6 Å². The molecule has 6 nitrogen and oxygen atoms in total. The highest BCUT2D eigenvalue weighted by Gasteiger charge is 2.09. The van der Waals surface area contributed by atoms with E-state index in [4.69, 9.17) is 5.11 Å². The molecule has 1 atom stereocenters. The summed E-state index contributed by atoms with van der Waals surface area (Å²) in [5.74, 6) is 0.537. The molecule has 2 heterocycles. The number of tetrazole rings is 1. The van der Waals surface area contributed by atoms with Gasteiger partial charge < -0.3 is 10.2 Å². The van der Waals surface area contributed by atoms with Gasteiger partial charge in [-0.2, -0.15) is 4.80 Å². The van der Waals surface area contributed by atoms with E-state index in [2.05, 4.69) is 15.4 Å². The number of aliphatic hydroxyl groups excluding tert-OH is 2. The van der Waals surface area contributed by atoms with Crippen molar-refractivity contribution in [2.75, 3.05) is 6.61 Å². The summed E-state index contributed by atoms with van der Waals surface area (Å²) in [6.45, 7) is -0.162. The van der Waals surface area contributed by atoms with Crippen molar-refractivity contribution in [3.8, 4) is 10.7 Å². The second-order valence-corrected chi connectivity index (χ2v) is 3.93. The monoisotopic (exact) mass is 226 g/mol. The summed E-state index contributed by atoms with van der Waals surface area (Å²) in [5.41, 5.74) is 0. The second-order valence-electron chi connectivity index (χ2n) is 2.98. The van der Waals surface area contributed by atoms with Gasteiger partial charge in [-0.3, -0.25) is 0 Å². The maximum Gasteiger partial charge on any atom is 0.214 e. The zero-order valence-electron chi connectivity index (χ0n) is 7.82. The molecule has 0 bridgehead atoms. The molecule has 2 rings (SSSR count). The molecule has 0 aliphatic carbocycles. The maximum absolute atomic E-state index is 9.18. The second kappa shape index (κ2) is 4.47. The average molecular weight is 226 g/mol. The van der Waals surface area contributed by atoms with Crippen molar-refractivity contribution in [3.63, 3.8) is 0 Å². The van der Waals surface area contributed by atoms with E-state index in [0.29, 0.717) is 5.82 Å². The Morgan fingerprint density at radius 2 is 2.40 bits per heavy atom. The number of aromatic nitrogens is 4. The van der Waals surface area contributed by atoms with Crippen molar-refractivity contribution in [1.29, 1.82) is 0 Å². The van der Waals surface area contributed by atoms with Gasteiger partial charge in [-0.1, -0.05) is 6.07 Å². The van der Waals surface area contributed by atoms with Crippen LogP contribution in [0, 0.1) is 0 Å². The molecule has 0 spiro atoms.